The van der Waals surface area contributed by atoms with Crippen molar-refractivity contribution in [3.8, 4) is 5.75 Å². The fraction of sp³-hybridized carbons (Fsp3) is 0.500. The second-order valence-electron chi connectivity index (χ2n) is 9.15. The van der Waals surface area contributed by atoms with Gasteiger partial charge in [-0.05, 0) is 83.6 Å². The lowest BCUT2D eigenvalue weighted by Crippen LogP contribution is -2.49. The topological polar surface area (TPSA) is 57.7 Å². The maximum absolute atomic E-state index is 13.2. The van der Waals surface area contributed by atoms with E-state index in [2.05, 4.69) is 22.2 Å². The van der Waals surface area contributed by atoms with Crippen molar-refractivity contribution < 1.29 is 13.9 Å². The van der Waals surface area contributed by atoms with E-state index in [-0.39, 0.29) is 23.5 Å². The Morgan fingerprint density at radius 1 is 1.19 bits per heavy atom. The van der Waals surface area contributed by atoms with Gasteiger partial charge in [0.15, 0.2) is 0 Å². The van der Waals surface area contributed by atoms with Crippen molar-refractivity contribution in [2.24, 2.45) is 0 Å². The van der Waals surface area contributed by atoms with Gasteiger partial charge in [0.05, 0.1) is 18.4 Å². The molecule has 2 amide bonds. The monoisotopic (exact) mass is 428 g/mol. The van der Waals surface area contributed by atoms with Crippen LogP contribution in [0, 0.1) is 5.82 Å². The van der Waals surface area contributed by atoms with Crippen LogP contribution in [0.1, 0.15) is 44.9 Å². The fourth-order valence-electron chi connectivity index (χ4n) is 3.66. The van der Waals surface area contributed by atoms with Crippen LogP contribution in [0.3, 0.4) is 0 Å². The number of urea groups is 1. The number of hydrogen-bond acceptors (Lipinski definition) is 4. The number of hydrogen-bond donors (Lipinski definition) is 1. The highest BCUT2D eigenvalue weighted by molar-refractivity contribution is 5.74. The van der Waals surface area contributed by atoms with E-state index in [4.69, 9.17) is 4.74 Å². The van der Waals surface area contributed by atoms with E-state index in [1.807, 2.05) is 49.9 Å². The van der Waals surface area contributed by atoms with Gasteiger partial charge in [-0.3, -0.25) is 4.98 Å². The van der Waals surface area contributed by atoms with E-state index in [9.17, 15) is 9.18 Å². The van der Waals surface area contributed by atoms with Crippen LogP contribution in [0.25, 0.3) is 0 Å². The molecular weight excluding hydrogens is 395 g/mol. The number of piperidine rings is 1. The highest BCUT2D eigenvalue weighted by Crippen LogP contribution is 2.20. The van der Waals surface area contributed by atoms with Crippen molar-refractivity contribution in [2.45, 2.75) is 58.3 Å². The number of nitrogens with one attached hydrogen (secondary N) is 1. The first-order valence-corrected chi connectivity index (χ1v) is 10.8. The Hall–Kier alpha value is -2.67. The van der Waals surface area contributed by atoms with Crippen LogP contribution >= 0.6 is 0 Å². The minimum atomic E-state index is -0.377. The van der Waals surface area contributed by atoms with E-state index in [0.29, 0.717) is 18.8 Å². The highest BCUT2D eigenvalue weighted by atomic mass is 19.1. The molecule has 0 spiro atoms. The molecule has 0 unspecified atom stereocenters. The number of rotatable bonds is 6. The molecular formula is C24H33FN4O2. The molecule has 31 heavy (non-hydrogen) atoms. The first-order chi connectivity index (χ1) is 14.7. The number of carbonyl (C=O) groups is 1. The number of nitrogens with zero attached hydrogens (tertiary/aromatic N) is 3. The number of pyridine rings is 1. The smallest absolute Gasteiger partial charge is 0.318 e. The molecule has 1 fully saturated rings. The molecule has 1 aliphatic rings. The summed E-state index contributed by atoms with van der Waals surface area (Å²) in [6.07, 6.45) is 3.01. The minimum Gasteiger partial charge on any atom is -0.488 e. The summed E-state index contributed by atoms with van der Waals surface area (Å²) >= 11 is 0. The summed E-state index contributed by atoms with van der Waals surface area (Å²) < 4.78 is 19.1. The van der Waals surface area contributed by atoms with Crippen molar-refractivity contribution in [1.82, 2.24) is 20.1 Å². The van der Waals surface area contributed by atoms with Crippen LogP contribution in [0.2, 0.25) is 0 Å². The quantitative estimate of drug-likeness (QED) is 0.749. The van der Waals surface area contributed by atoms with Gasteiger partial charge >= 0.3 is 6.03 Å². The summed E-state index contributed by atoms with van der Waals surface area (Å²) in [4.78, 5) is 21.3. The van der Waals surface area contributed by atoms with Crippen LogP contribution in [-0.4, -0.2) is 52.6 Å². The summed E-state index contributed by atoms with van der Waals surface area (Å²) in [5, 5.41) is 3.04. The van der Waals surface area contributed by atoms with Gasteiger partial charge in [-0.2, -0.15) is 0 Å². The number of amides is 2. The lowest BCUT2D eigenvalue weighted by molar-refractivity contribution is 0.126. The van der Waals surface area contributed by atoms with Gasteiger partial charge in [0.2, 0.25) is 0 Å². The van der Waals surface area contributed by atoms with Gasteiger partial charge in [0.1, 0.15) is 17.2 Å². The zero-order valence-corrected chi connectivity index (χ0v) is 18.9. The zero-order chi connectivity index (χ0) is 22.4. The maximum atomic E-state index is 13.2. The van der Waals surface area contributed by atoms with Crippen LogP contribution in [0.4, 0.5) is 9.18 Å². The Morgan fingerprint density at radius 3 is 2.45 bits per heavy atom. The Kier molecular flexibility index (Phi) is 7.49. The Morgan fingerprint density at radius 2 is 1.87 bits per heavy atom. The van der Waals surface area contributed by atoms with Crippen LogP contribution < -0.4 is 10.1 Å². The van der Waals surface area contributed by atoms with Crippen molar-refractivity contribution in [3.63, 3.8) is 0 Å². The van der Waals surface area contributed by atoms with E-state index >= 15 is 0 Å². The van der Waals surface area contributed by atoms with E-state index in [0.717, 1.165) is 37.2 Å². The molecule has 0 radical (unpaired) electrons. The van der Waals surface area contributed by atoms with Crippen LogP contribution in [0.15, 0.2) is 42.6 Å². The molecule has 168 valence electrons. The highest BCUT2D eigenvalue weighted by Gasteiger charge is 2.27. The van der Waals surface area contributed by atoms with Crippen LogP contribution in [-0.2, 0) is 13.1 Å². The number of likely N-dealkylation sites (tertiary alicyclic amines) is 1. The van der Waals surface area contributed by atoms with Gasteiger partial charge in [0, 0.05) is 12.6 Å². The molecule has 7 heteroatoms. The standard InChI is InChI=1S/C24H33FN4O2/c1-24(2,3)31-22-9-5-18(6-10-22)15-27-23(30)29(21-11-13-28(4)14-12-21)17-20-8-7-19(25)16-26-20/h5-10,16,21H,11-15,17H2,1-4H3,(H,27,30). The number of carbonyl (C=O) groups excluding carboxylic acids is 1. The molecule has 1 aromatic heterocycles. The summed E-state index contributed by atoms with van der Waals surface area (Å²) in [6.45, 7) is 8.70. The molecule has 1 saturated heterocycles. The zero-order valence-electron chi connectivity index (χ0n) is 18.9. The number of aromatic nitrogens is 1. The molecule has 6 nitrogen and oxygen atoms in total. The first kappa shape index (κ1) is 23.0. The number of halogens is 1. The molecule has 3 rings (SSSR count). The Bertz CT molecular complexity index is 841. The fourth-order valence-corrected chi connectivity index (χ4v) is 3.66. The van der Waals surface area contributed by atoms with E-state index in [1.54, 1.807) is 6.07 Å². The van der Waals surface area contributed by atoms with Gasteiger partial charge in [0.25, 0.3) is 0 Å². The predicted molar refractivity (Wildman–Crippen MR) is 119 cm³/mol. The summed E-state index contributed by atoms with van der Waals surface area (Å²) in [6, 6.07) is 10.8. The Labute approximate surface area is 184 Å². The summed E-state index contributed by atoms with van der Waals surface area (Å²) in [7, 11) is 2.09. The van der Waals surface area contributed by atoms with Crippen molar-refractivity contribution in [2.75, 3.05) is 20.1 Å². The predicted octanol–water partition coefficient (Wildman–Crippen LogP) is 4.20. The molecule has 0 atom stereocenters. The third-order valence-corrected chi connectivity index (χ3v) is 5.30. The normalized spacial score (nSPS) is 15.5. The molecule has 1 aliphatic heterocycles. The second-order valence-corrected chi connectivity index (χ2v) is 9.15. The third-order valence-electron chi connectivity index (χ3n) is 5.30. The van der Waals surface area contributed by atoms with E-state index in [1.165, 1.54) is 12.3 Å². The van der Waals surface area contributed by atoms with Crippen molar-refractivity contribution in [1.29, 1.82) is 0 Å². The van der Waals surface area contributed by atoms with E-state index < -0.39 is 0 Å². The minimum absolute atomic E-state index is 0.129. The third kappa shape index (κ3) is 7.21. The molecule has 1 aromatic carbocycles. The van der Waals surface area contributed by atoms with Crippen molar-refractivity contribution >= 4 is 6.03 Å². The maximum Gasteiger partial charge on any atom is 0.318 e. The van der Waals surface area contributed by atoms with Gasteiger partial charge in [-0.15, -0.1) is 0 Å². The molecule has 2 heterocycles. The lowest BCUT2D eigenvalue weighted by Gasteiger charge is -2.37. The number of ether oxygens (including phenoxy) is 1. The second kappa shape index (κ2) is 10.1. The summed E-state index contributed by atoms with van der Waals surface area (Å²) in [5.74, 6) is 0.427. The first-order valence-electron chi connectivity index (χ1n) is 10.8. The van der Waals surface area contributed by atoms with Gasteiger partial charge in [-0.1, -0.05) is 12.1 Å². The Balaban J connectivity index is 1.64. The molecule has 1 N–H and O–H groups in total. The van der Waals surface area contributed by atoms with Crippen molar-refractivity contribution in [3.05, 3.63) is 59.7 Å². The van der Waals surface area contributed by atoms with Gasteiger partial charge < -0.3 is 19.9 Å². The summed E-state index contributed by atoms with van der Waals surface area (Å²) in [5.41, 5.74) is 1.43. The van der Waals surface area contributed by atoms with Crippen LogP contribution in [0.5, 0.6) is 5.75 Å². The average Bonchev–Trinajstić information content (AvgIpc) is 2.72. The molecule has 2 aromatic rings. The molecule has 0 bridgehead atoms. The van der Waals surface area contributed by atoms with Gasteiger partial charge in [-0.25, -0.2) is 9.18 Å². The lowest BCUT2D eigenvalue weighted by atomic mass is 10.0. The largest absolute Gasteiger partial charge is 0.488 e. The molecule has 0 aliphatic carbocycles. The number of benzene rings is 1. The SMILES string of the molecule is CN1CCC(N(Cc2ccc(F)cn2)C(=O)NCc2ccc(OC(C)(C)C)cc2)CC1. The molecule has 0 saturated carbocycles. The average molecular weight is 429 g/mol.